The minimum Gasteiger partial charge on any atom is -0.363 e. The van der Waals surface area contributed by atoms with Gasteiger partial charge in [0.1, 0.15) is 0 Å². The maximum atomic E-state index is 5.13. The van der Waals surface area contributed by atoms with Gasteiger partial charge in [0.05, 0.1) is 18.4 Å². The first-order valence-corrected chi connectivity index (χ1v) is 6.71. The largest absolute Gasteiger partial charge is 0.363 e. The highest BCUT2D eigenvalue weighted by Gasteiger charge is 2.01. The highest BCUT2D eigenvalue weighted by molar-refractivity contribution is 7.80. The molecule has 0 aliphatic rings. The van der Waals surface area contributed by atoms with Crippen LogP contribution in [0.2, 0.25) is 0 Å². The zero-order chi connectivity index (χ0) is 13.7. The van der Waals surface area contributed by atoms with E-state index >= 15 is 0 Å². The topological polar surface area (TPSA) is 41.9 Å². The molecule has 1 heterocycles. The predicted octanol–water partition coefficient (Wildman–Crippen LogP) is 2.55. The van der Waals surface area contributed by atoms with Crippen LogP contribution in [0.5, 0.6) is 0 Å². The van der Waals surface area contributed by atoms with Crippen molar-refractivity contribution in [3.63, 3.8) is 0 Å². The Morgan fingerprint density at radius 2 is 2.26 bits per heavy atom. The molecule has 19 heavy (non-hydrogen) atoms. The molecule has 0 saturated heterocycles. The summed E-state index contributed by atoms with van der Waals surface area (Å²) in [4.78, 5) is 0. The SMILES string of the molecule is CCNC(=S)Nc1cnn(Cc2cccc(C)c2)c1. The Bertz CT molecular complexity index is 562. The fraction of sp³-hybridized carbons (Fsp3) is 0.286. The van der Waals surface area contributed by atoms with Crippen LogP contribution >= 0.6 is 12.2 Å². The van der Waals surface area contributed by atoms with Gasteiger partial charge in [-0.2, -0.15) is 5.10 Å². The summed E-state index contributed by atoms with van der Waals surface area (Å²) in [6.07, 6.45) is 3.73. The summed E-state index contributed by atoms with van der Waals surface area (Å²) >= 11 is 5.13. The Balaban J connectivity index is 1.99. The zero-order valence-corrected chi connectivity index (χ0v) is 12.0. The summed E-state index contributed by atoms with van der Waals surface area (Å²) in [7, 11) is 0. The maximum Gasteiger partial charge on any atom is 0.170 e. The van der Waals surface area contributed by atoms with Crippen molar-refractivity contribution in [3.05, 3.63) is 47.8 Å². The summed E-state index contributed by atoms with van der Waals surface area (Å²) in [5.41, 5.74) is 3.40. The number of aryl methyl sites for hydroxylation is 1. The van der Waals surface area contributed by atoms with Gasteiger partial charge in [-0.15, -0.1) is 0 Å². The quantitative estimate of drug-likeness (QED) is 0.841. The van der Waals surface area contributed by atoms with Gasteiger partial charge in [0.25, 0.3) is 0 Å². The molecule has 0 aliphatic carbocycles. The molecule has 0 fully saturated rings. The Morgan fingerprint density at radius 1 is 1.42 bits per heavy atom. The van der Waals surface area contributed by atoms with E-state index in [1.165, 1.54) is 11.1 Å². The van der Waals surface area contributed by atoms with Gasteiger partial charge < -0.3 is 10.6 Å². The number of nitrogens with zero attached hydrogens (tertiary/aromatic N) is 2. The van der Waals surface area contributed by atoms with Crippen molar-refractivity contribution in [3.8, 4) is 0 Å². The number of thiocarbonyl (C=S) groups is 1. The van der Waals surface area contributed by atoms with E-state index in [1.807, 2.05) is 17.8 Å². The van der Waals surface area contributed by atoms with Crippen LogP contribution in [0.15, 0.2) is 36.7 Å². The fourth-order valence-electron chi connectivity index (χ4n) is 1.85. The number of nitrogens with one attached hydrogen (secondary N) is 2. The molecule has 100 valence electrons. The predicted molar refractivity (Wildman–Crippen MR) is 82.4 cm³/mol. The third-order valence-corrected chi connectivity index (χ3v) is 2.90. The van der Waals surface area contributed by atoms with Crippen molar-refractivity contribution < 1.29 is 0 Å². The van der Waals surface area contributed by atoms with Crippen LogP contribution in [0.3, 0.4) is 0 Å². The first-order chi connectivity index (χ1) is 9.17. The number of hydrogen-bond donors (Lipinski definition) is 2. The highest BCUT2D eigenvalue weighted by atomic mass is 32.1. The normalized spacial score (nSPS) is 10.2. The third-order valence-electron chi connectivity index (χ3n) is 2.66. The molecule has 0 amide bonds. The summed E-state index contributed by atoms with van der Waals surface area (Å²) < 4.78 is 1.89. The molecule has 0 saturated carbocycles. The van der Waals surface area contributed by atoms with Crippen molar-refractivity contribution in [2.24, 2.45) is 0 Å². The molecule has 2 aromatic rings. The average molecular weight is 274 g/mol. The van der Waals surface area contributed by atoms with E-state index in [9.17, 15) is 0 Å². The van der Waals surface area contributed by atoms with Crippen LogP contribution in [0, 0.1) is 6.92 Å². The van der Waals surface area contributed by atoms with Gasteiger partial charge in [-0.1, -0.05) is 29.8 Å². The molecular formula is C14H18N4S. The maximum absolute atomic E-state index is 5.13. The minimum atomic E-state index is 0.623. The third kappa shape index (κ3) is 4.06. The van der Waals surface area contributed by atoms with Gasteiger partial charge in [-0.05, 0) is 31.6 Å². The Morgan fingerprint density at radius 3 is 3.00 bits per heavy atom. The number of rotatable bonds is 4. The first kappa shape index (κ1) is 13.5. The molecule has 1 aromatic carbocycles. The van der Waals surface area contributed by atoms with E-state index in [0.717, 1.165) is 18.8 Å². The molecule has 0 aliphatic heterocycles. The molecule has 2 N–H and O–H groups in total. The van der Waals surface area contributed by atoms with Crippen molar-refractivity contribution in [1.29, 1.82) is 0 Å². The molecule has 1 aromatic heterocycles. The monoisotopic (exact) mass is 274 g/mol. The zero-order valence-electron chi connectivity index (χ0n) is 11.2. The van der Waals surface area contributed by atoms with Crippen molar-refractivity contribution in [1.82, 2.24) is 15.1 Å². The number of aromatic nitrogens is 2. The van der Waals surface area contributed by atoms with Gasteiger partial charge in [0.2, 0.25) is 0 Å². The standard InChI is InChI=1S/C14H18N4S/c1-3-15-14(19)17-13-8-16-18(10-13)9-12-6-4-5-11(2)7-12/h4-8,10H,3,9H2,1-2H3,(H2,15,17,19). The average Bonchev–Trinajstić information content (AvgIpc) is 2.76. The second-order valence-electron chi connectivity index (χ2n) is 4.40. The van der Waals surface area contributed by atoms with Gasteiger partial charge >= 0.3 is 0 Å². The second kappa shape index (κ2) is 6.33. The lowest BCUT2D eigenvalue weighted by Crippen LogP contribution is -2.27. The van der Waals surface area contributed by atoms with Crippen LogP contribution in [0.1, 0.15) is 18.1 Å². The number of benzene rings is 1. The smallest absolute Gasteiger partial charge is 0.170 e. The Kier molecular flexibility index (Phi) is 4.52. The van der Waals surface area contributed by atoms with E-state index in [4.69, 9.17) is 12.2 Å². The van der Waals surface area contributed by atoms with Gasteiger partial charge in [0.15, 0.2) is 5.11 Å². The Labute approximate surface area is 118 Å². The Hall–Kier alpha value is -1.88. The fourth-order valence-corrected chi connectivity index (χ4v) is 2.11. The van der Waals surface area contributed by atoms with Crippen LogP contribution in [0.4, 0.5) is 5.69 Å². The summed E-state index contributed by atoms with van der Waals surface area (Å²) in [6, 6.07) is 8.42. The van der Waals surface area contributed by atoms with Crippen molar-refractivity contribution in [2.75, 3.05) is 11.9 Å². The molecule has 4 nitrogen and oxygen atoms in total. The van der Waals surface area contributed by atoms with Crippen molar-refractivity contribution >= 4 is 23.0 Å². The van der Waals surface area contributed by atoms with E-state index < -0.39 is 0 Å². The minimum absolute atomic E-state index is 0.623. The van der Waals surface area contributed by atoms with E-state index in [2.05, 4.69) is 46.9 Å². The molecule has 0 radical (unpaired) electrons. The van der Waals surface area contributed by atoms with E-state index in [-0.39, 0.29) is 0 Å². The highest BCUT2D eigenvalue weighted by Crippen LogP contribution is 2.09. The van der Waals surface area contributed by atoms with Gasteiger partial charge in [-0.3, -0.25) is 4.68 Å². The summed E-state index contributed by atoms with van der Waals surface area (Å²) in [5.74, 6) is 0. The van der Waals surface area contributed by atoms with Gasteiger partial charge in [-0.25, -0.2) is 0 Å². The lowest BCUT2D eigenvalue weighted by Gasteiger charge is -2.05. The van der Waals surface area contributed by atoms with Crippen LogP contribution in [-0.4, -0.2) is 21.4 Å². The lowest BCUT2D eigenvalue weighted by atomic mass is 10.1. The molecule has 2 rings (SSSR count). The number of hydrogen-bond acceptors (Lipinski definition) is 2. The summed E-state index contributed by atoms with van der Waals surface area (Å²) in [6.45, 7) is 5.67. The number of anilines is 1. The van der Waals surface area contributed by atoms with Crippen molar-refractivity contribution in [2.45, 2.75) is 20.4 Å². The lowest BCUT2D eigenvalue weighted by molar-refractivity contribution is 0.686. The van der Waals surface area contributed by atoms with E-state index in [0.29, 0.717) is 5.11 Å². The summed E-state index contributed by atoms with van der Waals surface area (Å²) in [5, 5.41) is 11.1. The van der Waals surface area contributed by atoms with Crippen LogP contribution < -0.4 is 10.6 Å². The van der Waals surface area contributed by atoms with Gasteiger partial charge in [0, 0.05) is 12.7 Å². The molecule has 0 atom stereocenters. The molecule has 0 bridgehead atoms. The van der Waals surface area contributed by atoms with Crippen LogP contribution in [-0.2, 0) is 6.54 Å². The molecule has 5 heteroatoms. The second-order valence-corrected chi connectivity index (χ2v) is 4.81. The van der Waals surface area contributed by atoms with Crippen LogP contribution in [0.25, 0.3) is 0 Å². The molecule has 0 unspecified atom stereocenters. The molecular weight excluding hydrogens is 256 g/mol. The first-order valence-electron chi connectivity index (χ1n) is 6.30. The van der Waals surface area contributed by atoms with E-state index in [1.54, 1.807) is 6.20 Å². The molecule has 0 spiro atoms.